The van der Waals surface area contributed by atoms with E-state index in [0.717, 1.165) is 31.2 Å². The third-order valence-electron chi connectivity index (χ3n) is 3.71. The molecule has 0 aromatic carbocycles. The van der Waals surface area contributed by atoms with Gasteiger partial charge >= 0.3 is 0 Å². The van der Waals surface area contributed by atoms with E-state index in [0.29, 0.717) is 12.4 Å². The molecule has 1 aromatic rings. The van der Waals surface area contributed by atoms with Gasteiger partial charge in [-0.05, 0) is 31.7 Å². The lowest BCUT2D eigenvalue weighted by Gasteiger charge is -2.27. The Labute approximate surface area is 129 Å². The van der Waals surface area contributed by atoms with Gasteiger partial charge in [-0.15, -0.1) is 0 Å². The van der Waals surface area contributed by atoms with E-state index in [1.807, 2.05) is 19.3 Å². The summed E-state index contributed by atoms with van der Waals surface area (Å²) >= 11 is 0. The van der Waals surface area contributed by atoms with Gasteiger partial charge in [0, 0.05) is 24.9 Å². The summed E-state index contributed by atoms with van der Waals surface area (Å²) in [6.45, 7) is 8.39. The summed E-state index contributed by atoms with van der Waals surface area (Å²) in [5.41, 5.74) is 1.10. The average molecular weight is 291 g/mol. The molecule has 4 heteroatoms. The number of rotatable bonds is 9. The molecule has 0 saturated heterocycles. The standard InChI is InChI=1S/C17H29N3O/c1-5-8-9-11-14(4)20(16(21)10-6-2)17-18-12-15(7-3)13-19-17/h12-14H,5-11H2,1-4H3. The number of aryl methyl sites for hydroxylation is 1. The van der Waals surface area contributed by atoms with Crippen molar-refractivity contribution in [3.05, 3.63) is 18.0 Å². The molecule has 1 rings (SSSR count). The summed E-state index contributed by atoms with van der Waals surface area (Å²) in [5.74, 6) is 0.681. The summed E-state index contributed by atoms with van der Waals surface area (Å²) in [5, 5.41) is 0. The van der Waals surface area contributed by atoms with E-state index in [2.05, 4.69) is 30.7 Å². The fourth-order valence-electron chi connectivity index (χ4n) is 2.36. The predicted molar refractivity (Wildman–Crippen MR) is 87.4 cm³/mol. The zero-order chi connectivity index (χ0) is 15.7. The maximum atomic E-state index is 12.4. The van der Waals surface area contributed by atoms with Crippen molar-refractivity contribution in [3.63, 3.8) is 0 Å². The Hall–Kier alpha value is -1.45. The molecule has 0 bridgehead atoms. The van der Waals surface area contributed by atoms with Crippen molar-refractivity contribution < 1.29 is 4.79 Å². The van der Waals surface area contributed by atoms with Crippen LogP contribution < -0.4 is 4.90 Å². The minimum atomic E-state index is 0.130. The van der Waals surface area contributed by atoms with Gasteiger partial charge in [-0.1, -0.05) is 40.0 Å². The molecule has 0 saturated carbocycles. The first-order chi connectivity index (χ1) is 10.1. The fraction of sp³-hybridized carbons (Fsp3) is 0.706. The Balaban J connectivity index is 2.86. The number of carbonyl (C=O) groups is 1. The molecule has 0 fully saturated rings. The maximum Gasteiger partial charge on any atom is 0.232 e. The highest BCUT2D eigenvalue weighted by Gasteiger charge is 2.23. The number of aromatic nitrogens is 2. The van der Waals surface area contributed by atoms with E-state index < -0.39 is 0 Å². The Morgan fingerprint density at radius 3 is 2.33 bits per heavy atom. The lowest BCUT2D eigenvalue weighted by molar-refractivity contribution is -0.119. The Morgan fingerprint density at radius 1 is 1.14 bits per heavy atom. The molecule has 118 valence electrons. The molecule has 1 unspecified atom stereocenters. The number of carbonyl (C=O) groups excluding carboxylic acids is 1. The second kappa shape index (κ2) is 9.48. The molecular formula is C17H29N3O. The van der Waals surface area contributed by atoms with Gasteiger partial charge in [0.25, 0.3) is 0 Å². The van der Waals surface area contributed by atoms with Gasteiger partial charge in [0.05, 0.1) is 0 Å². The minimum absolute atomic E-state index is 0.130. The molecule has 1 heterocycles. The van der Waals surface area contributed by atoms with Crippen LogP contribution in [-0.4, -0.2) is 21.9 Å². The highest BCUT2D eigenvalue weighted by Crippen LogP contribution is 2.18. The van der Waals surface area contributed by atoms with E-state index in [-0.39, 0.29) is 11.9 Å². The van der Waals surface area contributed by atoms with E-state index in [1.165, 1.54) is 12.8 Å². The third kappa shape index (κ3) is 5.44. The number of hydrogen-bond donors (Lipinski definition) is 0. The molecule has 4 nitrogen and oxygen atoms in total. The van der Waals surface area contributed by atoms with Crippen LogP contribution in [0.1, 0.15) is 71.8 Å². The van der Waals surface area contributed by atoms with Crippen LogP contribution in [0, 0.1) is 0 Å². The Bertz CT molecular complexity index is 417. The topological polar surface area (TPSA) is 46.1 Å². The molecule has 0 aliphatic carbocycles. The molecule has 0 spiro atoms. The van der Waals surface area contributed by atoms with Crippen LogP contribution >= 0.6 is 0 Å². The zero-order valence-electron chi connectivity index (χ0n) is 13.9. The zero-order valence-corrected chi connectivity index (χ0v) is 13.9. The van der Waals surface area contributed by atoms with Crippen LogP contribution in [0.5, 0.6) is 0 Å². The molecule has 0 aliphatic heterocycles. The molecule has 1 amide bonds. The smallest absolute Gasteiger partial charge is 0.232 e. The molecule has 21 heavy (non-hydrogen) atoms. The summed E-state index contributed by atoms with van der Waals surface area (Å²) in [4.78, 5) is 23.0. The quantitative estimate of drug-likeness (QED) is 0.642. The Morgan fingerprint density at radius 2 is 1.81 bits per heavy atom. The van der Waals surface area contributed by atoms with Crippen molar-refractivity contribution in [1.82, 2.24) is 9.97 Å². The first-order valence-corrected chi connectivity index (χ1v) is 8.26. The van der Waals surface area contributed by atoms with Crippen molar-refractivity contribution in [2.24, 2.45) is 0 Å². The van der Waals surface area contributed by atoms with Crippen molar-refractivity contribution in [2.45, 2.75) is 78.7 Å². The van der Waals surface area contributed by atoms with Crippen molar-refractivity contribution in [3.8, 4) is 0 Å². The minimum Gasteiger partial charge on any atom is -0.278 e. The third-order valence-corrected chi connectivity index (χ3v) is 3.71. The average Bonchev–Trinajstić information content (AvgIpc) is 2.49. The fourth-order valence-corrected chi connectivity index (χ4v) is 2.36. The monoisotopic (exact) mass is 291 g/mol. The van der Waals surface area contributed by atoms with Gasteiger partial charge in [0.2, 0.25) is 11.9 Å². The lowest BCUT2D eigenvalue weighted by atomic mass is 10.1. The highest BCUT2D eigenvalue weighted by atomic mass is 16.2. The second-order valence-corrected chi connectivity index (χ2v) is 5.60. The van der Waals surface area contributed by atoms with Gasteiger partial charge in [-0.25, -0.2) is 9.97 Å². The maximum absolute atomic E-state index is 12.4. The van der Waals surface area contributed by atoms with Gasteiger partial charge < -0.3 is 0 Å². The highest BCUT2D eigenvalue weighted by molar-refractivity contribution is 5.92. The normalized spacial score (nSPS) is 12.2. The van der Waals surface area contributed by atoms with E-state index in [9.17, 15) is 4.79 Å². The van der Waals surface area contributed by atoms with Crippen LogP contribution in [0.25, 0.3) is 0 Å². The van der Waals surface area contributed by atoms with Crippen molar-refractivity contribution in [2.75, 3.05) is 4.90 Å². The number of nitrogens with zero attached hydrogens (tertiary/aromatic N) is 3. The second-order valence-electron chi connectivity index (χ2n) is 5.60. The van der Waals surface area contributed by atoms with Gasteiger partial charge in [-0.3, -0.25) is 9.69 Å². The van der Waals surface area contributed by atoms with E-state index in [4.69, 9.17) is 0 Å². The van der Waals surface area contributed by atoms with Gasteiger partial charge in [0.1, 0.15) is 0 Å². The van der Waals surface area contributed by atoms with Crippen LogP contribution in [0.15, 0.2) is 12.4 Å². The molecule has 1 atom stereocenters. The van der Waals surface area contributed by atoms with E-state index >= 15 is 0 Å². The van der Waals surface area contributed by atoms with Gasteiger partial charge in [-0.2, -0.15) is 0 Å². The van der Waals surface area contributed by atoms with E-state index in [1.54, 1.807) is 4.90 Å². The summed E-state index contributed by atoms with van der Waals surface area (Å²) in [6, 6.07) is 0.156. The number of amides is 1. The number of unbranched alkanes of at least 4 members (excludes halogenated alkanes) is 2. The predicted octanol–water partition coefficient (Wildman–Crippen LogP) is 4.14. The van der Waals surface area contributed by atoms with Crippen molar-refractivity contribution in [1.29, 1.82) is 0 Å². The van der Waals surface area contributed by atoms with Crippen LogP contribution in [-0.2, 0) is 11.2 Å². The summed E-state index contributed by atoms with van der Waals surface area (Å²) in [7, 11) is 0. The van der Waals surface area contributed by atoms with Crippen LogP contribution in [0.4, 0.5) is 5.95 Å². The summed E-state index contributed by atoms with van der Waals surface area (Å²) < 4.78 is 0. The molecule has 1 aromatic heterocycles. The summed E-state index contributed by atoms with van der Waals surface area (Å²) in [6.07, 6.45) is 10.5. The van der Waals surface area contributed by atoms with Crippen LogP contribution in [0.3, 0.4) is 0 Å². The SMILES string of the molecule is CCCCCC(C)N(C(=O)CCC)c1ncc(CC)cn1. The number of hydrogen-bond acceptors (Lipinski definition) is 3. The molecular weight excluding hydrogens is 262 g/mol. The molecule has 0 N–H and O–H groups in total. The van der Waals surface area contributed by atoms with Crippen molar-refractivity contribution >= 4 is 11.9 Å². The van der Waals surface area contributed by atoms with Crippen LogP contribution in [0.2, 0.25) is 0 Å². The number of anilines is 1. The van der Waals surface area contributed by atoms with Gasteiger partial charge in [0.15, 0.2) is 0 Å². The first-order valence-electron chi connectivity index (χ1n) is 8.26. The largest absolute Gasteiger partial charge is 0.278 e. The first kappa shape index (κ1) is 17.6. The molecule has 0 aliphatic rings. The Kier molecular flexibility index (Phi) is 7.95. The molecule has 0 radical (unpaired) electrons. The lowest BCUT2D eigenvalue weighted by Crippen LogP contribution is -2.39.